The van der Waals surface area contributed by atoms with Crippen LogP contribution in [0.25, 0.3) is 11.0 Å². The molecule has 1 N–H and O–H groups in total. The summed E-state index contributed by atoms with van der Waals surface area (Å²) < 4.78 is 6.10. The molecule has 2 nitrogen and oxygen atoms in total. The molecule has 0 aliphatic heterocycles. The average Bonchev–Trinajstić information content (AvgIpc) is 2.70. The number of rotatable bonds is 3. The molecule has 1 saturated carbocycles. The number of hydrogen-bond acceptors (Lipinski definition) is 2. The maximum absolute atomic E-state index is 6.10. The number of aryl methyl sites for hydroxylation is 1. The van der Waals surface area contributed by atoms with Crippen molar-refractivity contribution in [2.24, 2.45) is 16.7 Å². The molecule has 1 aromatic carbocycles. The van der Waals surface area contributed by atoms with Gasteiger partial charge in [-0.1, -0.05) is 39.3 Å². The third-order valence-corrected chi connectivity index (χ3v) is 5.77. The Bertz CT molecular complexity index is 636. The molecule has 0 saturated heterocycles. The van der Waals surface area contributed by atoms with Crippen LogP contribution in [-0.4, -0.2) is 7.05 Å². The fourth-order valence-corrected chi connectivity index (χ4v) is 3.89. The zero-order chi connectivity index (χ0) is 14.7. The van der Waals surface area contributed by atoms with Crippen LogP contribution in [-0.2, 0) is 0 Å². The smallest absolute Gasteiger partial charge is 0.134 e. The Morgan fingerprint density at radius 3 is 2.30 bits per heavy atom. The second kappa shape index (κ2) is 4.11. The van der Waals surface area contributed by atoms with Crippen molar-refractivity contribution in [3.05, 3.63) is 35.6 Å². The van der Waals surface area contributed by atoms with Crippen molar-refractivity contribution >= 4 is 11.0 Å². The molecule has 1 aliphatic carbocycles. The molecule has 1 atom stereocenters. The van der Waals surface area contributed by atoms with E-state index in [1.165, 1.54) is 10.9 Å². The van der Waals surface area contributed by atoms with Gasteiger partial charge in [-0.05, 0) is 48.9 Å². The highest BCUT2D eigenvalue weighted by Crippen LogP contribution is 2.72. The van der Waals surface area contributed by atoms with Crippen LogP contribution in [0, 0.1) is 23.7 Å². The van der Waals surface area contributed by atoms with Crippen LogP contribution < -0.4 is 5.32 Å². The molecule has 20 heavy (non-hydrogen) atoms. The number of hydrogen-bond donors (Lipinski definition) is 1. The Hall–Kier alpha value is -1.28. The predicted molar refractivity (Wildman–Crippen MR) is 83.8 cm³/mol. The highest BCUT2D eigenvalue weighted by Gasteiger charge is 2.67. The summed E-state index contributed by atoms with van der Waals surface area (Å²) in [4.78, 5) is 0. The molecule has 0 amide bonds. The molecule has 1 unspecified atom stereocenters. The SMILES string of the molecule is CNC(c1cc2cc(C)ccc2o1)C1C(C)(C)C1(C)C. The van der Waals surface area contributed by atoms with E-state index < -0.39 is 0 Å². The van der Waals surface area contributed by atoms with E-state index in [-0.39, 0.29) is 6.04 Å². The van der Waals surface area contributed by atoms with Gasteiger partial charge in [-0.3, -0.25) is 0 Å². The van der Waals surface area contributed by atoms with Gasteiger partial charge in [-0.2, -0.15) is 0 Å². The van der Waals surface area contributed by atoms with E-state index in [1.54, 1.807) is 0 Å². The zero-order valence-corrected chi connectivity index (χ0v) is 13.4. The molecule has 3 rings (SSSR count). The lowest BCUT2D eigenvalue weighted by Crippen LogP contribution is -2.20. The molecule has 1 fully saturated rings. The molecule has 1 heterocycles. The summed E-state index contributed by atoms with van der Waals surface area (Å²) in [6.45, 7) is 11.5. The van der Waals surface area contributed by atoms with Gasteiger partial charge in [0.25, 0.3) is 0 Å². The lowest BCUT2D eigenvalue weighted by Gasteiger charge is -2.15. The maximum atomic E-state index is 6.10. The fraction of sp³-hybridized carbons (Fsp3) is 0.556. The van der Waals surface area contributed by atoms with Crippen molar-refractivity contribution in [3.8, 4) is 0 Å². The first kappa shape index (κ1) is 13.7. The Kier molecular flexibility index (Phi) is 2.81. The zero-order valence-electron chi connectivity index (χ0n) is 13.4. The van der Waals surface area contributed by atoms with Crippen LogP contribution in [0.15, 0.2) is 28.7 Å². The predicted octanol–water partition coefficient (Wildman–Crippen LogP) is 4.68. The molecular weight excluding hydrogens is 246 g/mol. The fourth-order valence-electron chi connectivity index (χ4n) is 3.89. The summed E-state index contributed by atoms with van der Waals surface area (Å²) in [6, 6.07) is 8.86. The summed E-state index contributed by atoms with van der Waals surface area (Å²) in [5.41, 5.74) is 2.95. The number of nitrogens with one attached hydrogen (secondary N) is 1. The topological polar surface area (TPSA) is 25.2 Å². The minimum absolute atomic E-state index is 0.285. The van der Waals surface area contributed by atoms with Gasteiger partial charge in [0.1, 0.15) is 11.3 Å². The highest BCUT2D eigenvalue weighted by atomic mass is 16.3. The monoisotopic (exact) mass is 271 g/mol. The molecule has 1 aromatic heterocycles. The van der Waals surface area contributed by atoms with Gasteiger partial charge < -0.3 is 9.73 Å². The Morgan fingerprint density at radius 1 is 1.10 bits per heavy atom. The van der Waals surface area contributed by atoms with E-state index in [0.29, 0.717) is 16.7 Å². The molecule has 2 heteroatoms. The van der Waals surface area contributed by atoms with Gasteiger partial charge in [0.2, 0.25) is 0 Å². The maximum Gasteiger partial charge on any atom is 0.134 e. The van der Waals surface area contributed by atoms with Crippen LogP contribution in [0.4, 0.5) is 0 Å². The summed E-state index contributed by atoms with van der Waals surface area (Å²) in [5, 5.41) is 4.68. The lowest BCUT2D eigenvalue weighted by atomic mass is 10.0. The van der Waals surface area contributed by atoms with Crippen LogP contribution in [0.5, 0.6) is 0 Å². The Labute approximate surface area is 121 Å². The van der Waals surface area contributed by atoms with Crippen molar-refractivity contribution < 1.29 is 4.42 Å². The first-order valence-corrected chi connectivity index (χ1v) is 7.46. The van der Waals surface area contributed by atoms with Gasteiger partial charge in [0, 0.05) is 5.39 Å². The van der Waals surface area contributed by atoms with Gasteiger partial charge in [0.15, 0.2) is 0 Å². The molecule has 2 aromatic rings. The largest absolute Gasteiger partial charge is 0.459 e. The minimum atomic E-state index is 0.285. The first-order chi connectivity index (χ1) is 9.29. The molecule has 0 spiro atoms. The quantitative estimate of drug-likeness (QED) is 0.876. The average molecular weight is 271 g/mol. The molecule has 108 valence electrons. The summed E-state index contributed by atoms with van der Waals surface area (Å²) in [6.07, 6.45) is 0. The van der Waals surface area contributed by atoms with Crippen LogP contribution in [0.3, 0.4) is 0 Å². The second-order valence-electron chi connectivity index (χ2n) is 7.38. The molecule has 0 radical (unpaired) electrons. The number of benzene rings is 1. The van der Waals surface area contributed by atoms with Crippen LogP contribution >= 0.6 is 0 Å². The standard InChI is InChI=1S/C18H25NO/c1-11-7-8-13-12(9-11)10-14(20-13)15(19-6)16-17(2,3)18(16,4)5/h7-10,15-16,19H,1-6H3. The van der Waals surface area contributed by atoms with Crippen molar-refractivity contribution in [2.75, 3.05) is 7.05 Å². The first-order valence-electron chi connectivity index (χ1n) is 7.46. The van der Waals surface area contributed by atoms with Gasteiger partial charge in [-0.15, -0.1) is 0 Å². The minimum Gasteiger partial charge on any atom is -0.459 e. The second-order valence-corrected chi connectivity index (χ2v) is 7.38. The highest BCUT2D eigenvalue weighted by molar-refractivity contribution is 5.78. The van der Waals surface area contributed by atoms with E-state index in [2.05, 4.69) is 64.2 Å². The van der Waals surface area contributed by atoms with E-state index in [0.717, 1.165) is 11.3 Å². The molecule has 0 bridgehead atoms. The number of furan rings is 1. The van der Waals surface area contributed by atoms with Crippen molar-refractivity contribution in [1.29, 1.82) is 0 Å². The molecule has 1 aliphatic rings. The van der Waals surface area contributed by atoms with Crippen LogP contribution in [0.1, 0.15) is 45.1 Å². The summed E-state index contributed by atoms with van der Waals surface area (Å²) >= 11 is 0. The van der Waals surface area contributed by atoms with Crippen molar-refractivity contribution in [3.63, 3.8) is 0 Å². The van der Waals surface area contributed by atoms with Crippen molar-refractivity contribution in [1.82, 2.24) is 5.32 Å². The van der Waals surface area contributed by atoms with Gasteiger partial charge >= 0.3 is 0 Å². The third kappa shape index (κ3) is 1.74. The summed E-state index contributed by atoms with van der Waals surface area (Å²) in [5.74, 6) is 1.67. The van der Waals surface area contributed by atoms with Gasteiger partial charge in [0.05, 0.1) is 6.04 Å². The Morgan fingerprint density at radius 2 is 1.75 bits per heavy atom. The van der Waals surface area contributed by atoms with E-state index >= 15 is 0 Å². The van der Waals surface area contributed by atoms with E-state index in [4.69, 9.17) is 4.42 Å². The third-order valence-electron chi connectivity index (χ3n) is 5.77. The van der Waals surface area contributed by atoms with Gasteiger partial charge in [-0.25, -0.2) is 0 Å². The molecular formula is C18H25NO. The van der Waals surface area contributed by atoms with E-state index in [1.807, 2.05) is 7.05 Å². The summed E-state index contributed by atoms with van der Waals surface area (Å²) in [7, 11) is 2.04. The number of fused-ring (bicyclic) bond motifs is 1. The lowest BCUT2D eigenvalue weighted by molar-refractivity contribution is 0.370. The van der Waals surface area contributed by atoms with Crippen LogP contribution in [0.2, 0.25) is 0 Å². The normalized spacial score (nSPS) is 22.1. The van der Waals surface area contributed by atoms with Crippen molar-refractivity contribution in [2.45, 2.75) is 40.7 Å². The Balaban J connectivity index is 2.01. The van der Waals surface area contributed by atoms with E-state index in [9.17, 15) is 0 Å².